The van der Waals surface area contributed by atoms with Gasteiger partial charge in [0.25, 0.3) is 0 Å². The zero-order chi connectivity index (χ0) is 14.9. The van der Waals surface area contributed by atoms with E-state index in [1.54, 1.807) is 0 Å². The normalized spacial score (nSPS) is 13.7. The molecule has 0 spiro atoms. The Balaban J connectivity index is 1.76. The fourth-order valence-electron chi connectivity index (χ4n) is 3.17. The molecule has 0 bridgehead atoms. The number of ether oxygens (including phenoxy) is 1. The molecule has 1 aliphatic rings. The smallest absolute Gasteiger partial charge is 0.144 e. The average Bonchev–Trinajstić information content (AvgIpc) is 2.56. The number of nitrogens with two attached hydrogens (primary N) is 1. The Labute approximate surface area is 129 Å². The van der Waals surface area contributed by atoms with Crippen molar-refractivity contribution in [1.82, 2.24) is 0 Å². The van der Waals surface area contributed by atoms with Crippen LogP contribution in [0.25, 0.3) is 10.8 Å². The number of anilines is 2. The summed E-state index contributed by atoms with van der Waals surface area (Å²) in [6, 6.07) is 20.8. The van der Waals surface area contributed by atoms with Crippen LogP contribution in [0.4, 0.5) is 11.4 Å². The Kier molecular flexibility index (Phi) is 3.11. The SMILES string of the molecule is Nc1cccc2c1N(Cc1cccc3ccccc13)CCO2. The van der Waals surface area contributed by atoms with Crippen molar-refractivity contribution in [2.24, 2.45) is 0 Å². The molecule has 2 N–H and O–H groups in total. The molecule has 4 rings (SSSR count). The summed E-state index contributed by atoms with van der Waals surface area (Å²) in [4.78, 5) is 2.32. The van der Waals surface area contributed by atoms with E-state index in [0.29, 0.717) is 6.61 Å². The van der Waals surface area contributed by atoms with Gasteiger partial charge in [-0.25, -0.2) is 0 Å². The fourth-order valence-corrected chi connectivity index (χ4v) is 3.17. The number of para-hydroxylation sites is 1. The van der Waals surface area contributed by atoms with Crippen molar-refractivity contribution in [3.8, 4) is 5.75 Å². The highest BCUT2D eigenvalue weighted by molar-refractivity contribution is 5.86. The molecule has 1 heterocycles. The lowest BCUT2D eigenvalue weighted by Crippen LogP contribution is -2.32. The maximum Gasteiger partial charge on any atom is 0.144 e. The summed E-state index contributed by atoms with van der Waals surface area (Å²) >= 11 is 0. The first-order valence-corrected chi connectivity index (χ1v) is 7.56. The maximum absolute atomic E-state index is 6.18. The van der Waals surface area contributed by atoms with Crippen LogP contribution in [0.3, 0.4) is 0 Å². The summed E-state index contributed by atoms with van der Waals surface area (Å²) in [5.41, 5.74) is 9.28. The highest BCUT2D eigenvalue weighted by atomic mass is 16.5. The van der Waals surface area contributed by atoms with Crippen LogP contribution in [0.5, 0.6) is 5.75 Å². The van der Waals surface area contributed by atoms with Crippen LogP contribution >= 0.6 is 0 Å². The molecule has 1 aliphatic heterocycles. The lowest BCUT2D eigenvalue weighted by Gasteiger charge is -2.32. The summed E-state index contributed by atoms with van der Waals surface area (Å²) in [5, 5.41) is 2.57. The number of rotatable bonds is 2. The average molecular weight is 290 g/mol. The lowest BCUT2D eigenvalue weighted by molar-refractivity contribution is 0.307. The van der Waals surface area contributed by atoms with E-state index in [0.717, 1.165) is 30.2 Å². The van der Waals surface area contributed by atoms with Gasteiger partial charge in [0.1, 0.15) is 18.0 Å². The summed E-state index contributed by atoms with van der Waals surface area (Å²) in [6.45, 7) is 2.39. The van der Waals surface area contributed by atoms with E-state index in [1.807, 2.05) is 18.2 Å². The minimum Gasteiger partial charge on any atom is -0.489 e. The molecule has 3 heteroatoms. The first kappa shape index (κ1) is 13.0. The standard InChI is InChI=1S/C19H18N2O/c20-17-9-4-10-18-19(17)21(11-12-22-18)13-15-7-3-6-14-5-1-2-8-16(14)15/h1-10H,11-13,20H2. The molecule has 0 saturated carbocycles. The van der Waals surface area contributed by atoms with Gasteiger partial charge >= 0.3 is 0 Å². The van der Waals surface area contributed by atoms with Crippen molar-refractivity contribution < 1.29 is 4.74 Å². The van der Waals surface area contributed by atoms with Crippen molar-refractivity contribution >= 4 is 22.1 Å². The molecule has 0 aromatic heterocycles. The van der Waals surface area contributed by atoms with E-state index >= 15 is 0 Å². The van der Waals surface area contributed by atoms with Crippen LogP contribution in [0.15, 0.2) is 60.7 Å². The molecule has 0 atom stereocenters. The van der Waals surface area contributed by atoms with E-state index in [4.69, 9.17) is 10.5 Å². The third-order valence-corrected chi connectivity index (χ3v) is 4.21. The Bertz CT molecular complexity index is 823. The topological polar surface area (TPSA) is 38.5 Å². The predicted molar refractivity (Wildman–Crippen MR) is 91.3 cm³/mol. The molecule has 0 aliphatic carbocycles. The monoisotopic (exact) mass is 290 g/mol. The van der Waals surface area contributed by atoms with E-state index in [9.17, 15) is 0 Å². The number of nitrogen functional groups attached to an aromatic ring is 1. The molecule has 0 saturated heterocycles. The largest absolute Gasteiger partial charge is 0.489 e. The molecule has 0 fully saturated rings. The number of hydrogen-bond donors (Lipinski definition) is 1. The lowest BCUT2D eigenvalue weighted by atomic mass is 10.0. The van der Waals surface area contributed by atoms with Crippen LogP contribution in [0, 0.1) is 0 Å². The van der Waals surface area contributed by atoms with Gasteiger partial charge in [-0.1, -0.05) is 48.5 Å². The van der Waals surface area contributed by atoms with Crippen molar-refractivity contribution in [2.45, 2.75) is 6.54 Å². The third-order valence-electron chi connectivity index (χ3n) is 4.21. The van der Waals surface area contributed by atoms with Gasteiger partial charge in [0.2, 0.25) is 0 Å². The van der Waals surface area contributed by atoms with Crippen LogP contribution in [-0.2, 0) is 6.54 Å². The van der Waals surface area contributed by atoms with Crippen molar-refractivity contribution in [3.63, 3.8) is 0 Å². The minimum absolute atomic E-state index is 0.696. The Morgan fingerprint density at radius 1 is 0.955 bits per heavy atom. The molecular weight excluding hydrogens is 272 g/mol. The molecular formula is C19H18N2O. The molecule has 110 valence electrons. The van der Waals surface area contributed by atoms with Gasteiger partial charge in [-0.15, -0.1) is 0 Å². The highest BCUT2D eigenvalue weighted by Crippen LogP contribution is 2.38. The summed E-state index contributed by atoms with van der Waals surface area (Å²) < 4.78 is 5.74. The van der Waals surface area contributed by atoms with Crippen LogP contribution in [-0.4, -0.2) is 13.2 Å². The van der Waals surface area contributed by atoms with Gasteiger partial charge in [-0.3, -0.25) is 0 Å². The maximum atomic E-state index is 6.18. The first-order valence-electron chi connectivity index (χ1n) is 7.56. The second-order valence-electron chi connectivity index (χ2n) is 5.60. The first-order chi connectivity index (χ1) is 10.8. The van der Waals surface area contributed by atoms with E-state index in [1.165, 1.54) is 16.3 Å². The minimum atomic E-state index is 0.696. The van der Waals surface area contributed by atoms with Crippen LogP contribution in [0.1, 0.15) is 5.56 Å². The van der Waals surface area contributed by atoms with E-state index in [2.05, 4.69) is 47.4 Å². The van der Waals surface area contributed by atoms with Gasteiger partial charge in [0.05, 0.1) is 12.2 Å². The number of fused-ring (bicyclic) bond motifs is 2. The molecule has 22 heavy (non-hydrogen) atoms. The zero-order valence-corrected chi connectivity index (χ0v) is 12.3. The van der Waals surface area contributed by atoms with Crippen molar-refractivity contribution in [1.29, 1.82) is 0 Å². The number of benzene rings is 3. The van der Waals surface area contributed by atoms with Crippen molar-refractivity contribution in [2.75, 3.05) is 23.8 Å². The molecule has 0 unspecified atom stereocenters. The van der Waals surface area contributed by atoms with Gasteiger partial charge in [-0.2, -0.15) is 0 Å². The second-order valence-corrected chi connectivity index (χ2v) is 5.60. The van der Waals surface area contributed by atoms with Gasteiger partial charge < -0.3 is 15.4 Å². The molecule has 0 amide bonds. The van der Waals surface area contributed by atoms with E-state index in [-0.39, 0.29) is 0 Å². The zero-order valence-electron chi connectivity index (χ0n) is 12.3. The summed E-state index contributed by atoms with van der Waals surface area (Å²) in [6.07, 6.45) is 0. The van der Waals surface area contributed by atoms with Gasteiger partial charge in [-0.05, 0) is 28.5 Å². The number of hydrogen-bond acceptors (Lipinski definition) is 3. The Morgan fingerprint density at radius 2 is 1.77 bits per heavy atom. The summed E-state index contributed by atoms with van der Waals surface area (Å²) in [7, 11) is 0. The molecule has 3 nitrogen and oxygen atoms in total. The molecule has 0 radical (unpaired) electrons. The molecule has 3 aromatic rings. The van der Waals surface area contributed by atoms with Crippen molar-refractivity contribution in [3.05, 3.63) is 66.2 Å². The summed E-state index contributed by atoms with van der Waals surface area (Å²) in [5.74, 6) is 0.881. The Morgan fingerprint density at radius 3 is 2.73 bits per heavy atom. The van der Waals surface area contributed by atoms with E-state index < -0.39 is 0 Å². The Hall–Kier alpha value is -2.68. The van der Waals surface area contributed by atoms with Gasteiger partial charge in [0.15, 0.2) is 0 Å². The van der Waals surface area contributed by atoms with Crippen LogP contribution < -0.4 is 15.4 Å². The number of nitrogens with zero attached hydrogens (tertiary/aromatic N) is 1. The van der Waals surface area contributed by atoms with Gasteiger partial charge in [0, 0.05) is 6.54 Å². The molecule has 3 aromatic carbocycles. The second kappa shape index (κ2) is 5.26. The fraction of sp³-hybridized carbons (Fsp3) is 0.158. The predicted octanol–water partition coefficient (Wildman–Crippen LogP) is 3.82. The quantitative estimate of drug-likeness (QED) is 0.729. The van der Waals surface area contributed by atoms with Crippen LogP contribution in [0.2, 0.25) is 0 Å². The highest BCUT2D eigenvalue weighted by Gasteiger charge is 2.21. The third kappa shape index (κ3) is 2.15.